The highest BCUT2D eigenvalue weighted by atomic mass is 35.5. The summed E-state index contributed by atoms with van der Waals surface area (Å²) >= 11 is 6.01. The number of nitrogens with one attached hydrogen (secondary N) is 1. The molecule has 0 saturated carbocycles. The van der Waals surface area contributed by atoms with Crippen LogP contribution in [0, 0.1) is 0 Å². The number of rotatable bonds is 5. The first-order valence-corrected chi connectivity index (χ1v) is 7.95. The monoisotopic (exact) mass is 287 g/mol. The first kappa shape index (κ1) is 13.4. The van der Waals surface area contributed by atoms with Crippen molar-refractivity contribution in [1.82, 2.24) is 5.32 Å². The first-order chi connectivity index (χ1) is 8.47. The lowest BCUT2D eigenvalue weighted by atomic mass is 10.2. The molecule has 0 radical (unpaired) electrons. The number of fused-ring (bicyclic) bond motifs is 1. The molecule has 0 aliphatic carbocycles. The molecule has 18 heavy (non-hydrogen) atoms. The van der Waals surface area contributed by atoms with Gasteiger partial charge in [0.15, 0.2) is 5.22 Å². The summed E-state index contributed by atoms with van der Waals surface area (Å²) in [5.74, 6) is 0.112. The van der Waals surface area contributed by atoms with Gasteiger partial charge < -0.3 is 9.73 Å². The van der Waals surface area contributed by atoms with Crippen molar-refractivity contribution in [2.45, 2.75) is 6.54 Å². The van der Waals surface area contributed by atoms with E-state index in [4.69, 9.17) is 16.0 Å². The Labute approximate surface area is 111 Å². The van der Waals surface area contributed by atoms with Crippen LogP contribution in [-0.2, 0) is 16.4 Å². The Kier molecular flexibility index (Phi) is 3.94. The standard InChI is InChI=1S/C12H14ClNO3S/c1-18(15,16)7-6-14-8-10-9-4-2-3-5-11(9)17-12(10)13/h2-5,14H,6-8H2,1H3. The molecule has 98 valence electrons. The van der Waals surface area contributed by atoms with Gasteiger partial charge in [-0.25, -0.2) is 8.42 Å². The van der Waals surface area contributed by atoms with Crippen LogP contribution in [0.1, 0.15) is 5.56 Å². The van der Waals surface area contributed by atoms with E-state index < -0.39 is 9.84 Å². The van der Waals surface area contributed by atoms with Crippen LogP contribution < -0.4 is 5.32 Å². The molecule has 1 N–H and O–H groups in total. The van der Waals surface area contributed by atoms with E-state index >= 15 is 0 Å². The van der Waals surface area contributed by atoms with Gasteiger partial charge in [-0.2, -0.15) is 0 Å². The van der Waals surface area contributed by atoms with E-state index in [2.05, 4.69) is 5.32 Å². The van der Waals surface area contributed by atoms with Gasteiger partial charge in [-0.15, -0.1) is 0 Å². The summed E-state index contributed by atoms with van der Waals surface area (Å²) in [6.45, 7) is 0.889. The van der Waals surface area contributed by atoms with Crippen LogP contribution in [0.15, 0.2) is 28.7 Å². The van der Waals surface area contributed by atoms with Crippen molar-refractivity contribution in [1.29, 1.82) is 0 Å². The molecule has 0 aliphatic rings. The fourth-order valence-electron chi connectivity index (χ4n) is 1.70. The number of halogens is 1. The molecule has 0 amide bonds. The molecule has 1 aromatic heterocycles. The van der Waals surface area contributed by atoms with Gasteiger partial charge >= 0.3 is 0 Å². The highest BCUT2D eigenvalue weighted by molar-refractivity contribution is 7.90. The van der Waals surface area contributed by atoms with Crippen LogP contribution in [-0.4, -0.2) is 27.0 Å². The molecular formula is C12H14ClNO3S. The minimum atomic E-state index is -2.94. The van der Waals surface area contributed by atoms with Crippen molar-refractivity contribution < 1.29 is 12.8 Å². The third kappa shape index (κ3) is 3.25. The van der Waals surface area contributed by atoms with E-state index in [1.54, 1.807) is 0 Å². The van der Waals surface area contributed by atoms with Gasteiger partial charge in [0, 0.05) is 30.3 Å². The van der Waals surface area contributed by atoms with E-state index in [0.717, 1.165) is 16.5 Å². The smallest absolute Gasteiger partial charge is 0.199 e. The first-order valence-electron chi connectivity index (χ1n) is 5.52. The molecule has 0 saturated heterocycles. The molecule has 0 unspecified atom stereocenters. The molecule has 0 fully saturated rings. The normalized spacial score (nSPS) is 12.1. The minimum absolute atomic E-state index is 0.112. The lowest BCUT2D eigenvalue weighted by molar-refractivity contribution is 0.594. The quantitative estimate of drug-likeness (QED) is 0.857. The van der Waals surface area contributed by atoms with Crippen molar-refractivity contribution in [2.24, 2.45) is 0 Å². The molecule has 2 aromatic rings. The van der Waals surface area contributed by atoms with E-state index in [9.17, 15) is 8.42 Å². The highest BCUT2D eigenvalue weighted by Crippen LogP contribution is 2.29. The average molecular weight is 288 g/mol. The summed E-state index contributed by atoms with van der Waals surface area (Å²) < 4.78 is 27.4. The summed E-state index contributed by atoms with van der Waals surface area (Å²) in [6, 6.07) is 7.57. The Morgan fingerprint density at radius 3 is 2.78 bits per heavy atom. The molecule has 0 bridgehead atoms. The number of sulfone groups is 1. The number of furan rings is 1. The van der Waals surface area contributed by atoms with E-state index in [0.29, 0.717) is 18.3 Å². The summed E-state index contributed by atoms with van der Waals surface area (Å²) in [4.78, 5) is 0. The maximum atomic E-state index is 11.0. The zero-order chi connectivity index (χ0) is 13.2. The van der Waals surface area contributed by atoms with E-state index in [1.807, 2.05) is 24.3 Å². The van der Waals surface area contributed by atoms with Crippen LogP contribution in [0.25, 0.3) is 11.0 Å². The van der Waals surface area contributed by atoms with Gasteiger partial charge in [-0.05, 0) is 17.7 Å². The molecule has 1 heterocycles. The number of hydrogen-bond donors (Lipinski definition) is 1. The second-order valence-corrected chi connectivity index (χ2v) is 6.76. The lowest BCUT2D eigenvalue weighted by Gasteiger charge is -2.02. The lowest BCUT2D eigenvalue weighted by Crippen LogP contribution is -2.21. The Bertz CT molecular complexity index is 648. The Morgan fingerprint density at radius 2 is 2.06 bits per heavy atom. The number of para-hydroxylation sites is 1. The average Bonchev–Trinajstić information content (AvgIpc) is 2.59. The fourth-order valence-corrected chi connectivity index (χ4v) is 2.47. The highest BCUT2D eigenvalue weighted by Gasteiger charge is 2.11. The van der Waals surface area contributed by atoms with Crippen LogP contribution in [0.4, 0.5) is 0 Å². The molecule has 0 spiro atoms. The Balaban J connectivity index is 2.06. The van der Waals surface area contributed by atoms with Crippen LogP contribution >= 0.6 is 11.6 Å². The van der Waals surface area contributed by atoms with E-state index in [-0.39, 0.29) is 5.75 Å². The predicted octanol–water partition coefficient (Wildman–Crippen LogP) is 2.22. The van der Waals surface area contributed by atoms with Gasteiger partial charge in [0.2, 0.25) is 0 Å². The summed E-state index contributed by atoms with van der Waals surface area (Å²) in [5, 5.41) is 4.36. The van der Waals surface area contributed by atoms with Crippen molar-refractivity contribution in [3.05, 3.63) is 35.0 Å². The van der Waals surface area contributed by atoms with Gasteiger partial charge in [0.1, 0.15) is 15.4 Å². The third-order valence-corrected chi connectivity index (χ3v) is 3.85. The maximum Gasteiger partial charge on any atom is 0.199 e. The fraction of sp³-hybridized carbons (Fsp3) is 0.333. The second-order valence-electron chi connectivity index (χ2n) is 4.16. The van der Waals surface area contributed by atoms with Crippen molar-refractivity contribution in [3.63, 3.8) is 0 Å². The summed E-state index contributed by atoms with van der Waals surface area (Å²) in [6.07, 6.45) is 1.22. The van der Waals surface area contributed by atoms with Crippen molar-refractivity contribution in [2.75, 3.05) is 18.6 Å². The van der Waals surface area contributed by atoms with Crippen LogP contribution in [0.5, 0.6) is 0 Å². The molecule has 2 rings (SSSR count). The third-order valence-electron chi connectivity index (χ3n) is 2.60. The molecular weight excluding hydrogens is 274 g/mol. The molecule has 6 heteroatoms. The maximum absolute atomic E-state index is 11.0. The molecule has 0 aliphatic heterocycles. The largest absolute Gasteiger partial charge is 0.444 e. The zero-order valence-corrected chi connectivity index (χ0v) is 11.5. The van der Waals surface area contributed by atoms with Gasteiger partial charge in [0.25, 0.3) is 0 Å². The SMILES string of the molecule is CS(=O)(=O)CCNCc1c(Cl)oc2ccccc12. The van der Waals surface area contributed by atoms with Crippen molar-refractivity contribution in [3.8, 4) is 0 Å². The minimum Gasteiger partial charge on any atom is -0.444 e. The van der Waals surface area contributed by atoms with Gasteiger partial charge in [-0.1, -0.05) is 18.2 Å². The number of hydrogen-bond acceptors (Lipinski definition) is 4. The topological polar surface area (TPSA) is 59.3 Å². The summed E-state index contributed by atoms with van der Waals surface area (Å²) in [5.41, 5.74) is 1.60. The van der Waals surface area contributed by atoms with Gasteiger partial charge in [0.05, 0.1) is 5.75 Å². The molecule has 4 nitrogen and oxygen atoms in total. The van der Waals surface area contributed by atoms with E-state index in [1.165, 1.54) is 6.26 Å². The summed E-state index contributed by atoms with van der Waals surface area (Å²) in [7, 11) is -2.94. The Hall–Kier alpha value is -1.04. The second kappa shape index (κ2) is 5.30. The van der Waals surface area contributed by atoms with Crippen LogP contribution in [0.3, 0.4) is 0 Å². The van der Waals surface area contributed by atoms with Crippen molar-refractivity contribution >= 4 is 32.4 Å². The Morgan fingerprint density at radius 1 is 1.33 bits per heavy atom. The number of benzene rings is 1. The van der Waals surface area contributed by atoms with Gasteiger partial charge in [-0.3, -0.25) is 0 Å². The van der Waals surface area contributed by atoms with Crippen LogP contribution in [0.2, 0.25) is 5.22 Å². The molecule has 0 atom stereocenters. The zero-order valence-electron chi connectivity index (χ0n) is 9.94. The molecule has 1 aromatic carbocycles. The predicted molar refractivity (Wildman–Crippen MR) is 72.6 cm³/mol.